The van der Waals surface area contributed by atoms with Crippen molar-refractivity contribution in [1.29, 1.82) is 0 Å². The van der Waals surface area contributed by atoms with Gasteiger partial charge in [0.05, 0.1) is 0 Å². The van der Waals surface area contributed by atoms with Gasteiger partial charge >= 0.3 is 17.9 Å². The largest absolute Gasteiger partial charge is 0.462 e. The predicted octanol–water partition coefficient (Wildman–Crippen LogP) is 21.7. The zero-order valence-corrected chi connectivity index (χ0v) is 50.3. The smallest absolute Gasteiger partial charge is 0.306 e. The molecule has 0 fully saturated rings. The van der Waals surface area contributed by atoms with Crippen molar-refractivity contribution in [1.82, 2.24) is 0 Å². The van der Waals surface area contributed by atoms with E-state index in [0.29, 0.717) is 19.3 Å². The second-order valence-corrected chi connectivity index (χ2v) is 19.8. The van der Waals surface area contributed by atoms with Crippen LogP contribution in [0.15, 0.2) is 182 Å². The van der Waals surface area contributed by atoms with E-state index in [1.54, 1.807) is 0 Å². The van der Waals surface area contributed by atoms with E-state index in [1.165, 1.54) is 32.1 Å². The van der Waals surface area contributed by atoms with Crippen LogP contribution >= 0.6 is 0 Å². The molecule has 0 bridgehead atoms. The van der Waals surface area contributed by atoms with Crippen LogP contribution in [0, 0.1) is 0 Å². The lowest BCUT2D eigenvalue weighted by molar-refractivity contribution is -0.167. The first kappa shape index (κ1) is 73.5. The molecule has 79 heavy (non-hydrogen) atoms. The highest BCUT2D eigenvalue weighted by atomic mass is 16.6. The first-order chi connectivity index (χ1) is 39.0. The maximum atomic E-state index is 12.9. The molecule has 6 heteroatoms. The van der Waals surface area contributed by atoms with Crippen LogP contribution in [0.25, 0.3) is 0 Å². The van der Waals surface area contributed by atoms with E-state index in [9.17, 15) is 14.4 Å². The van der Waals surface area contributed by atoms with Gasteiger partial charge in [-0.15, -0.1) is 0 Å². The lowest BCUT2D eigenvalue weighted by Gasteiger charge is -2.18. The van der Waals surface area contributed by atoms with Crippen LogP contribution in [0.5, 0.6) is 0 Å². The summed E-state index contributed by atoms with van der Waals surface area (Å²) < 4.78 is 16.8. The first-order valence-corrected chi connectivity index (χ1v) is 31.3. The van der Waals surface area contributed by atoms with Crippen molar-refractivity contribution in [3.05, 3.63) is 182 Å². The van der Waals surface area contributed by atoms with Gasteiger partial charge < -0.3 is 14.2 Å². The third-order valence-corrected chi connectivity index (χ3v) is 12.4. The molecule has 440 valence electrons. The lowest BCUT2D eigenvalue weighted by atomic mass is 10.1. The second kappa shape index (κ2) is 65.0. The molecule has 0 amide bonds. The minimum Gasteiger partial charge on any atom is -0.462 e. The number of rotatable bonds is 54. The van der Waals surface area contributed by atoms with Gasteiger partial charge in [-0.1, -0.05) is 248 Å². The van der Waals surface area contributed by atoms with E-state index in [4.69, 9.17) is 14.2 Å². The van der Waals surface area contributed by atoms with Crippen LogP contribution < -0.4 is 0 Å². The summed E-state index contributed by atoms with van der Waals surface area (Å²) in [5.74, 6) is -1.01. The lowest BCUT2D eigenvalue weighted by Crippen LogP contribution is -2.30. The van der Waals surface area contributed by atoms with Crippen LogP contribution in [0.3, 0.4) is 0 Å². The Bertz CT molecular complexity index is 1870. The monoisotopic (exact) mass is 1080 g/mol. The Morgan fingerprint density at radius 3 is 0.747 bits per heavy atom. The van der Waals surface area contributed by atoms with E-state index in [0.717, 1.165) is 161 Å². The van der Waals surface area contributed by atoms with Crippen molar-refractivity contribution in [2.45, 2.75) is 245 Å². The number of allylic oxidation sites excluding steroid dienone is 30. The highest BCUT2D eigenvalue weighted by Gasteiger charge is 2.19. The summed E-state index contributed by atoms with van der Waals surface area (Å²) in [6, 6.07) is 0. The Labute approximate surface area is 484 Å². The van der Waals surface area contributed by atoms with Gasteiger partial charge in [-0.3, -0.25) is 14.4 Å². The Balaban J connectivity index is 4.48. The highest BCUT2D eigenvalue weighted by molar-refractivity contribution is 5.71. The molecule has 0 saturated carbocycles. The molecule has 0 N–H and O–H groups in total. The SMILES string of the molecule is CC/C=C\C/C=C\C/C=C\C/C=C\C/C=C\C/C=C\CCCCCCCCCCC(=O)OCC(COC(=O)CCCCC/C=C\C/C=C\C/C=C\CC)OC(=O)CCCC/C=C\C/C=C\C/C=C\C/C=C\C/C=C\C/C=C\CC. The van der Waals surface area contributed by atoms with Crippen LogP contribution in [0.4, 0.5) is 0 Å². The average molecular weight is 1090 g/mol. The summed E-state index contributed by atoms with van der Waals surface area (Å²) in [6.45, 7) is 6.21. The fourth-order valence-corrected chi connectivity index (χ4v) is 7.81. The maximum Gasteiger partial charge on any atom is 0.306 e. The summed E-state index contributed by atoms with van der Waals surface area (Å²) in [4.78, 5) is 38.3. The van der Waals surface area contributed by atoms with Crippen molar-refractivity contribution in [2.75, 3.05) is 13.2 Å². The van der Waals surface area contributed by atoms with Gasteiger partial charge in [0.1, 0.15) is 13.2 Å². The third-order valence-electron chi connectivity index (χ3n) is 12.4. The number of hydrogen-bond donors (Lipinski definition) is 0. The highest BCUT2D eigenvalue weighted by Crippen LogP contribution is 2.13. The molecule has 0 aromatic carbocycles. The van der Waals surface area contributed by atoms with Crippen molar-refractivity contribution < 1.29 is 28.6 Å². The van der Waals surface area contributed by atoms with Gasteiger partial charge in [0.2, 0.25) is 0 Å². The molecule has 0 aliphatic carbocycles. The molecule has 0 spiro atoms. The van der Waals surface area contributed by atoms with Gasteiger partial charge in [0.25, 0.3) is 0 Å². The first-order valence-electron chi connectivity index (χ1n) is 31.3. The Hall–Kier alpha value is -5.49. The average Bonchev–Trinajstić information content (AvgIpc) is 3.45. The fourth-order valence-electron chi connectivity index (χ4n) is 7.81. The minimum absolute atomic E-state index is 0.119. The molecule has 6 nitrogen and oxygen atoms in total. The van der Waals surface area contributed by atoms with Crippen LogP contribution in [-0.4, -0.2) is 37.2 Å². The van der Waals surface area contributed by atoms with E-state index in [2.05, 4.69) is 203 Å². The van der Waals surface area contributed by atoms with Crippen LogP contribution in [-0.2, 0) is 28.6 Å². The van der Waals surface area contributed by atoms with E-state index < -0.39 is 6.10 Å². The number of unbranched alkanes of at least 4 members (excludes halogenated alkanes) is 13. The second-order valence-electron chi connectivity index (χ2n) is 19.8. The molecule has 1 atom stereocenters. The molecular formula is C73H112O6. The summed E-state index contributed by atoms with van der Waals surface area (Å²) in [6.07, 6.45) is 97.5. The summed E-state index contributed by atoms with van der Waals surface area (Å²) in [5, 5.41) is 0. The maximum absolute atomic E-state index is 12.9. The van der Waals surface area contributed by atoms with Crippen LogP contribution in [0.2, 0.25) is 0 Å². The Morgan fingerprint density at radius 1 is 0.253 bits per heavy atom. The molecule has 0 rings (SSSR count). The molecule has 0 aromatic heterocycles. The van der Waals surface area contributed by atoms with Crippen LogP contribution in [0.1, 0.15) is 239 Å². The number of carbonyl (C=O) groups is 3. The number of esters is 3. The topological polar surface area (TPSA) is 78.9 Å². The van der Waals surface area contributed by atoms with Gasteiger partial charge in [0, 0.05) is 19.3 Å². The Kier molecular flexibility index (Phi) is 60.5. The Morgan fingerprint density at radius 2 is 0.456 bits per heavy atom. The molecule has 0 aromatic rings. The molecule has 0 radical (unpaired) electrons. The summed E-state index contributed by atoms with van der Waals surface area (Å²) >= 11 is 0. The molecule has 0 aliphatic heterocycles. The number of ether oxygens (including phenoxy) is 3. The van der Waals surface area contributed by atoms with Crippen molar-refractivity contribution in [2.24, 2.45) is 0 Å². The van der Waals surface area contributed by atoms with Gasteiger partial charge in [0.15, 0.2) is 6.10 Å². The van der Waals surface area contributed by atoms with Gasteiger partial charge in [-0.2, -0.15) is 0 Å². The zero-order valence-electron chi connectivity index (χ0n) is 50.3. The molecular weight excluding hydrogens is 973 g/mol. The van der Waals surface area contributed by atoms with E-state index in [1.807, 2.05) is 0 Å². The van der Waals surface area contributed by atoms with Crippen molar-refractivity contribution >= 4 is 17.9 Å². The third kappa shape index (κ3) is 63.2. The molecule has 1 unspecified atom stereocenters. The quantitative estimate of drug-likeness (QED) is 0.0261. The number of carbonyl (C=O) groups excluding carboxylic acids is 3. The predicted molar refractivity (Wildman–Crippen MR) is 343 cm³/mol. The normalized spacial score (nSPS) is 13.4. The summed E-state index contributed by atoms with van der Waals surface area (Å²) in [5.41, 5.74) is 0. The van der Waals surface area contributed by atoms with E-state index in [-0.39, 0.29) is 37.5 Å². The van der Waals surface area contributed by atoms with E-state index >= 15 is 0 Å². The molecule has 0 saturated heterocycles. The van der Waals surface area contributed by atoms with Gasteiger partial charge in [-0.05, 0) is 154 Å². The fraction of sp³-hybridized carbons (Fsp3) is 0.548. The minimum atomic E-state index is -0.829. The standard InChI is InChI=1S/C73H112O6/c1-4-7-10-13-16-19-22-25-27-29-31-33-34-35-36-37-38-40-41-43-45-48-51-54-57-60-63-66-72(75)78-69-70(68-77-71(74)65-62-59-56-53-50-47-24-21-18-15-12-9-6-3)79-73(76)67-64-61-58-55-52-49-46-44-42-39-32-30-28-26-23-20-17-14-11-8-5-2/h7-12,16-21,25-28,31-33,35-36,38-40,44,46-47,50,52,55,70H,4-6,13-15,22-24,29-30,34,37,41-43,45,48-49,51,53-54,56-69H2,1-3H3/b10-7-,11-8-,12-9-,19-16-,20-17-,21-18-,27-25-,28-26-,33-31-,36-35-,39-32-,40-38-,46-44-,50-47-,55-52-. The zero-order chi connectivity index (χ0) is 57.1. The number of hydrogen-bond acceptors (Lipinski definition) is 6. The molecule has 0 aliphatic rings. The van der Waals surface area contributed by atoms with Gasteiger partial charge in [-0.25, -0.2) is 0 Å². The molecule has 0 heterocycles. The summed E-state index contributed by atoms with van der Waals surface area (Å²) in [7, 11) is 0. The van der Waals surface area contributed by atoms with Crippen molar-refractivity contribution in [3.63, 3.8) is 0 Å². The van der Waals surface area contributed by atoms with Crippen molar-refractivity contribution in [3.8, 4) is 0 Å².